The van der Waals surface area contributed by atoms with Gasteiger partial charge in [0, 0.05) is 25.2 Å². The predicted octanol–water partition coefficient (Wildman–Crippen LogP) is 5.76. The summed E-state index contributed by atoms with van der Waals surface area (Å²) in [5, 5.41) is 0. The molecule has 1 amide bonds. The van der Waals surface area contributed by atoms with Crippen LogP contribution < -0.4 is 9.47 Å². The van der Waals surface area contributed by atoms with Crippen LogP contribution in [0, 0.1) is 0 Å². The first-order valence-corrected chi connectivity index (χ1v) is 11.0. The van der Waals surface area contributed by atoms with E-state index in [9.17, 15) is 9.59 Å². The summed E-state index contributed by atoms with van der Waals surface area (Å²) >= 11 is 0. The molecule has 0 N–H and O–H groups in total. The molecule has 1 aliphatic heterocycles. The number of ether oxygens (including phenoxy) is 2. The molecule has 3 aromatic rings. The molecule has 33 heavy (non-hydrogen) atoms. The van der Waals surface area contributed by atoms with Crippen LogP contribution in [-0.4, -0.2) is 34.7 Å². The Kier molecular flexibility index (Phi) is 6.83. The minimum absolute atomic E-state index is 0.0703. The van der Waals surface area contributed by atoms with Crippen molar-refractivity contribution >= 4 is 11.7 Å². The van der Waals surface area contributed by atoms with Crippen molar-refractivity contribution in [2.24, 2.45) is 0 Å². The lowest BCUT2D eigenvalue weighted by Gasteiger charge is -2.32. The average Bonchev–Trinajstić information content (AvgIpc) is 2.85. The Morgan fingerprint density at radius 1 is 1.03 bits per heavy atom. The molecule has 2 aromatic carbocycles. The third kappa shape index (κ3) is 5.47. The number of Topliss-reactive ketones (excluding diaryl/α,β-unsaturated/α-hetero) is 1. The first kappa shape index (κ1) is 22.3. The van der Waals surface area contributed by atoms with Crippen molar-refractivity contribution in [3.05, 3.63) is 90.6 Å². The van der Waals surface area contributed by atoms with Crippen molar-refractivity contribution in [3.8, 4) is 23.1 Å². The lowest BCUT2D eigenvalue weighted by Crippen LogP contribution is -2.38. The van der Waals surface area contributed by atoms with E-state index in [4.69, 9.17) is 9.47 Å². The highest BCUT2D eigenvalue weighted by Gasteiger charge is 2.25. The van der Waals surface area contributed by atoms with Gasteiger partial charge >= 0.3 is 0 Å². The van der Waals surface area contributed by atoms with Gasteiger partial charge in [0.05, 0.1) is 5.56 Å². The highest BCUT2D eigenvalue weighted by molar-refractivity contribution is 5.96. The van der Waals surface area contributed by atoms with Crippen LogP contribution in [0.1, 0.15) is 41.6 Å². The van der Waals surface area contributed by atoms with E-state index >= 15 is 0 Å². The maximum atomic E-state index is 12.3. The summed E-state index contributed by atoms with van der Waals surface area (Å²) in [5.74, 6) is 2.17. The Morgan fingerprint density at radius 3 is 2.36 bits per heavy atom. The van der Waals surface area contributed by atoms with Crippen molar-refractivity contribution in [1.82, 2.24) is 9.88 Å². The molecular weight excluding hydrogens is 416 g/mol. The van der Waals surface area contributed by atoms with E-state index in [1.807, 2.05) is 36.4 Å². The fourth-order valence-electron chi connectivity index (χ4n) is 3.92. The molecule has 1 aromatic heterocycles. The molecule has 168 valence electrons. The third-order valence-corrected chi connectivity index (χ3v) is 5.65. The molecule has 0 saturated carbocycles. The van der Waals surface area contributed by atoms with Crippen LogP contribution in [0.2, 0.25) is 0 Å². The van der Waals surface area contributed by atoms with Crippen molar-refractivity contribution in [3.63, 3.8) is 0 Å². The number of amides is 1. The van der Waals surface area contributed by atoms with Crippen LogP contribution in [0.15, 0.2) is 79.5 Å². The van der Waals surface area contributed by atoms with Gasteiger partial charge in [-0.05, 0) is 73.9 Å². The SMILES string of the molecule is C=CC(=O)N1CCCC(c2cnc(Oc3ccc(Oc4ccccc4)cc3)c(C(C)=O)c2)C1. The molecule has 6 nitrogen and oxygen atoms in total. The topological polar surface area (TPSA) is 68.7 Å². The zero-order valence-corrected chi connectivity index (χ0v) is 18.6. The molecule has 1 saturated heterocycles. The standard InChI is InChI=1S/C27H26N2O4/c1-3-26(31)29-15-7-8-20(18-29)21-16-25(19(2)30)27(28-17-21)33-24-13-11-23(12-14-24)32-22-9-5-4-6-10-22/h3-6,9-14,16-17,20H,1,7-8,15,18H2,2H3. The van der Waals surface area contributed by atoms with Crippen LogP contribution in [0.5, 0.6) is 23.1 Å². The molecule has 1 aliphatic rings. The minimum atomic E-state index is -0.127. The minimum Gasteiger partial charge on any atom is -0.457 e. The fraction of sp³-hybridized carbons (Fsp3) is 0.222. The zero-order valence-electron chi connectivity index (χ0n) is 18.6. The maximum Gasteiger partial charge on any atom is 0.245 e. The van der Waals surface area contributed by atoms with Crippen LogP contribution >= 0.6 is 0 Å². The molecular formula is C27H26N2O4. The first-order valence-electron chi connectivity index (χ1n) is 11.0. The number of hydrogen-bond donors (Lipinski definition) is 0. The smallest absolute Gasteiger partial charge is 0.245 e. The highest BCUT2D eigenvalue weighted by Crippen LogP contribution is 2.32. The van der Waals surface area contributed by atoms with E-state index in [0.717, 1.165) is 30.7 Å². The Morgan fingerprint density at radius 2 is 1.70 bits per heavy atom. The number of carbonyl (C=O) groups excluding carboxylic acids is 2. The number of rotatable bonds is 7. The average molecular weight is 443 g/mol. The van der Waals surface area contributed by atoms with Crippen LogP contribution in [0.25, 0.3) is 0 Å². The number of benzene rings is 2. The number of hydrogen-bond acceptors (Lipinski definition) is 5. The van der Waals surface area contributed by atoms with Crippen LogP contribution in [0.4, 0.5) is 0 Å². The molecule has 0 spiro atoms. The molecule has 6 heteroatoms. The number of piperidine rings is 1. The number of para-hydroxylation sites is 1. The third-order valence-electron chi connectivity index (χ3n) is 5.65. The Hall–Kier alpha value is -3.93. The summed E-state index contributed by atoms with van der Waals surface area (Å²) in [5.41, 5.74) is 1.35. The van der Waals surface area contributed by atoms with Crippen LogP contribution in [0.3, 0.4) is 0 Å². The van der Waals surface area contributed by atoms with Crippen molar-refractivity contribution < 1.29 is 19.1 Å². The summed E-state index contributed by atoms with van der Waals surface area (Å²) in [4.78, 5) is 30.6. The molecule has 1 fully saturated rings. The lowest BCUT2D eigenvalue weighted by atomic mass is 9.90. The number of aromatic nitrogens is 1. The summed E-state index contributed by atoms with van der Waals surface area (Å²) in [7, 11) is 0. The quantitative estimate of drug-likeness (QED) is 0.344. The molecule has 0 bridgehead atoms. The number of nitrogens with zero attached hydrogens (tertiary/aromatic N) is 2. The van der Waals surface area contributed by atoms with Gasteiger partial charge in [0.2, 0.25) is 11.8 Å². The summed E-state index contributed by atoms with van der Waals surface area (Å²) in [6, 6.07) is 18.5. The summed E-state index contributed by atoms with van der Waals surface area (Å²) in [6.45, 7) is 6.39. The monoisotopic (exact) mass is 442 g/mol. The van der Waals surface area contributed by atoms with E-state index in [1.54, 1.807) is 35.4 Å². The van der Waals surface area contributed by atoms with E-state index < -0.39 is 0 Å². The van der Waals surface area contributed by atoms with Crippen LogP contribution in [-0.2, 0) is 4.79 Å². The number of ketones is 1. The van der Waals surface area contributed by atoms with Gasteiger partial charge in [-0.15, -0.1) is 0 Å². The van der Waals surface area contributed by atoms with E-state index in [2.05, 4.69) is 11.6 Å². The Balaban J connectivity index is 1.49. The van der Waals surface area contributed by atoms with Gasteiger partial charge in [-0.2, -0.15) is 0 Å². The van der Waals surface area contributed by atoms with Gasteiger partial charge in [0.1, 0.15) is 17.2 Å². The predicted molar refractivity (Wildman–Crippen MR) is 126 cm³/mol. The Bertz CT molecular complexity index is 1140. The maximum absolute atomic E-state index is 12.3. The largest absolute Gasteiger partial charge is 0.457 e. The molecule has 1 atom stereocenters. The Labute approximate surface area is 193 Å². The second-order valence-electron chi connectivity index (χ2n) is 7.99. The number of carbonyl (C=O) groups is 2. The van der Waals surface area contributed by atoms with Crippen molar-refractivity contribution in [2.45, 2.75) is 25.7 Å². The second kappa shape index (κ2) is 10.1. The molecule has 1 unspecified atom stereocenters. The molecule has 4 rings (SSSR count). The first-order chi connectivity index (χ1) is 16.0. The normalized spacial score (nSPS) is 15.5. The summed E-state index contributed by atoms with van der Waals surface area (Å²) < 4.78 is 11.7. The number of likely N-dealkylation sites (tertiary alicyclic amines) is 1. The van der Waals surface area contributed by atoms with Gasteiger partial charge in [-0.3, -0.25) is 9.59 Å². The van der Waals surface area contributed by atoms with Gasteiger partial charge in [0.15, 0.2) is 5.78 Å². The second-order valence-corrected chi connectivity index (χ2v) is 7.99. The van der Waals surface area contributed by atoms with E-state index in [-0.39, 0.29) is 23.5 Å². The van der Waals surface area contributed by atoms with Crippen molar-refractivity contribution in [2.75, 3.05) is 13.1 Å². The summed E-state index contributed by atoms with van der Waals surface area (Å²) in [6.07, 6.45) is 4.91. The van der Waals surface area contributed by atoms with E-state index in [0.29, 0.717) is 23.6 Å². The zero-order chi connectivity index (χ0) is 23.2. The van der Waals surface area contributed by atoms with Crippen molar-refractivity contribution in [1.29, 1.82) is 0 Å². The van der Waals surface area contributed by atoms with Gasteiger partial charge in [-0.25, -0.2) is 4.98 Å². The molecule has 0 radical (unpaired) electrons. The lowest BCUT2D eigenvalue weighted by molar-refractivity contribution is -0.127. The molecule has 0 aliphatic carbocycles. The number of pyridine rings is 1. The molecule has 2 heterocycles. The van der Waals surface area contributed by atoms with Gasteiger partial charge in [-0.1, -0.05) is 24.8 Å². The highest BCUT2D eigenvalue weighted by atomic mass is 16.5. The van der Waals surface area contributed by atoms with E-state index in [1.165, 1.54) is 13.0 Å². The van der Waals surface area contributed by atoms with Gasteiger partial charge < -0.3 is 14.4 Å². The van der Waals surface area contributed by atoms with Gasteiger partial charge in [0.25, 0.3) is 0 Å². The fourth-order valence-corrected chi connectivity index (χ4v) is 3.92.